The molecule has 152 valence electrons. The van der Waals surface area contributed by atoms with Crippen molar-refractivity contribution in [2.75, 3.05) is 13.2 Å². The summed E-state index contributed by atoms with van der Waals surface area (Å²) in [6.45, 7) is 3.82. The van der Waals surface area contributed by atoms with Crippen LogP contribution in [0.2, 0.25) is 0 Å². The van der Waals surface area contributed by atoms with Gasteiger partial charge in [-0.2, -0.15) is 0 Å². The minimum absolute atomic E-state index is 0.123. The van der Waals surface area contributed by atoms with Crippen molar-refractivity contribution in [2.45, 2.75) is 45.2 Å². The summed E-state index contributed by atoms with van der Waals surface area (Å²) in [6.07, 6.45) is 3.52. The van der Waals surface area contributed by atoms with Crippen molar-refractivity contribution in [1.82, 2.24) is 10.2 Å². The lowest BCUT2D eigenvalue weighted by Crippen LogP contribution is -2.47. The first-order valence-corrected chi connectivity index (χ1v) is 10.6. The van der Waals surface area contributed by atoms with E-state index in [1.54, 1.807) is 12.1 Å². The molecule has 0 radical (unpaired) electrons. The van der Waals surface area contributed by atoms with E-state index in [1.807, 2.05) is 30.0 Å². The van der Waals surface area contributed by atoms with Gasteiger partial charge in [0.25, 0.3) is 5.91 Å². The molecular formula is C24H28N2O3. The van der Waals surface area contributed by atoms with Crippen LogP contribution in [-0.2, 0) is 17.8 Å². The molecule has 2 aliphatic rings. The first-order valence-electron chi connectivity index (χ1n) is 10.6. The van der Waals surface area contributed by atoms with Crippen LogP contribution in [0.25, 0.3) is 0 Å². The second kappa shape index (κ2) is 8.68. The number of ether oxygens (including phenoxy) is 1. The van der Waals surface area contributed by atoms with Gasteiger partial charge in [0.15, 0.2) is 0 Å². The van der Waals surface area contributed by atoms with Gasteiger partial charge in [-0.3, -0.25) is 9.59 Å². The van der Waals surface area contributed by atoms with Crippen LogP contribution in [0.4, 0.5) is 0 Å². The molecule has 1 aliphatic heterocycles. The molecule has 1 N–H and O–H groups in total. The van der Waals surface area contributed by atoms with Crippen LogP contribution < -0.4 is 10.1 Å². The van der Waals surface area contributed by atoms with E-state index in [2.05, 4.69) is 23.5 Å². The molecule has 5 heteroatoms. The van der Waals surface area contributed by atoms with Crippen molar-refractivity contribution in [1.29, 1.82) is 0 Å². The summed E-state index contributed by atoms with van der Waals surface area (Å²) in [4.78, 5) is 28.1. The normalized spacial score (nSPS) is 20.8. The Labute approximate surface area is 172 Å². The highest BCUT2D eigenvalue weighted by Crippen LogP contribution is 2.30. The van der Waals surface area contributed by atoms with E-state index in [4.69, 9.17) is 4.74 Å². The first kappa shape index (κ1) is 19.5. The highest BCUT2D eigenvalue weighted by molar-refractivity contribution is 5.97. The van der Waals surface area contributed by atoms with Crippen LogP contribution in [0, 0.1) is 5.92 Å². The van der Waals surface area contributed by atoms with Crippen molar-refractivity contribution in [3.63, 3.8) is 0 Å². The second-order valence-electron chi connectivity index (χ2n) is 7.83. The van der Waals surface area contributed by atoms with Gasteiger partial charge in [0.2, 0.25) is 5.91 Å². The molecular weight excluding hydrogens is 364 g/mol. The molecule has 0 spiro atoms. The third kappa shape index (κ3) is 4.14. The largest absolute Gasteiger partial charge is 0.493 e. The standard InChI is InChI=1S/C24H28N2O3/c1-2-29-22-13-6-5-10-20(22)23(27)25-21-12-7-11-19(21)24(28)26-15-14-17-8-3-4-9-18(17)16-26/h3-6,8-10,13,19,21H,2,7,11-12,14-16H2,1H3,(H,25,27)/t19-,21+/m0/s1. The number of rotatable bonds is 5. The van der Waals surface area contributed by atoms with Crippen molar-refractivity contribution in [3.05, 3.63) is 65.2 Å². The monoisotopic (exact) mass is 392 g/mol. The van der Waals surface area contributed by atoms with Gasteiger partial charge in [0, 0.05) is 19.1 Å². The predicted molar refractivity (Wildman–Crippen MR) is 112 cm³/mol. The lowest BCUT2D eigenvalue weighted by atomic mass is 9.96. The van der Waals surface area contributed by atoms with E-state index in [0.29, 0.717) is 24.5 Å². The number of carbonyl (C=O) groups is 2. The lowest BCUT2D eigenvalue weighted by molar-refractivity contribution is -0.136. The summed E-state index contributed by atoms with van der Waals surface area (Å²) in [6, 6.07) is 15.5. The topological polar surface area (TPSA) is 58.6 Å². The fourth-order valence-corrected chi connectivity index (χ4v) is 4.53. The third-order valence-corrected chi connectivity index (χ3v) is 6.02. The van der Waals surface area contributed by atoms with Gasteiger partial charge in [0.05, 0.1) is 18.1 Å². The molecule has 1 heterocycles. The number of nitrogens with zero attached hydrogens (tertiary/aromatic N) is 1. The van der Waals surface area contributed by atoms with Crippen LogP contribution in [-0.4, -0.2) is 35.9 Å². The van der Waals surface area contributed by atoms with Crippen molar-refractivity contribution in [3.8, 4) is 5.75 Å². The Balaban J connectivity index is 1.44. The fourth-order valence-electron chi connectivity index (χ4n) is 4.53. The Morgan fingerprint density at radius 3 is 2.66 bits per heavy atom. The maximum atomic E-state index is 13.3. The van der Waals surface area contributed by atoms with Crippen molar-refractivity contribution in [2.24, 2.45) is 5.92 Å². The lowest BCUT2D eigenvalue weighted by Gasteiger charge is -2.32. The SMILES string of the molecule is CCOc1ccccc1C(=O)N[C@@H]1CCC[C@@H]1C(=O)N1CCc2ccccc2C1. The number of hydrogen-bond donors (Lipinski definition) is 1. The minimum atomic E-state index is -0.164. The number of nitrogens with one attached hydrogen (secondary N) is 1. The van der Waals surface area contributed by atoms with Crippen LogP contribution in [0.15, 0.2) is 48.5 Å². The Hall–Kier alpha value is -2.82. The van der Waals surface area contributed by atoms with Crippen molar-refractivity contribution < 1.29 is 14.3 Å². The molecule has 29 heavy (non-hydrogen) atoms. The molecule has 2 amide bonds. The maximum absolute atomic E-state index is 13.3. The number of amides is 2. The Morgan fingerprint density at radius 1 is 1.07 bits per heavy atom. The van der Waals surface area contributed by atoms with Crippen molar-refractivity contribution >= 4 is 11.8 Å². The summed E-state index contributed by atoms with van der Waals surface area (Å²) in [5.74, 6) is 0.438. The zero-order valence-electron chi connectivity index (χ0n) is 16.9. The highest BCUT2D eigenvalue weighted by atomic mass is 16.5. The van der Waals surface area contributed by atoms with E-state index < -0.39 is 0 Å². The molecule has 2 aromatic rings. The number of fused-ring (bicyclic) bond motifs is 1. The van der Waals surface area contributed by atoms with Gasteiger partial charge in [-0.15, -0.1) is 0 Å². The van der Waals surface area contributed by atoms with Crippen LogP contribution in [0.3, 0.4) is 0 Å². The number of carbonyl (C=O) groups excluding carboxylic acids is 2. The summed E-state index contributed by atoms with van der Waals surface area (Å²) < 4.78 is 5.59. The predicted octanol–water partition coefficient (Wildman–Crippen LogP) is 3.57. The average Bonchev–Trinajstić information content (AvgIpc) is 3.21. The highest BCUT2D eigenvalue weighted by Gasteiger charge is 2.37. The molecule has 2 atom stereocenters. The molecule has 0 saturated heterocycles. The molecule has 0 bridgehead atoms. The molecule has 2 aromatic carbocycles. The number of hydrogen-bond acceptors (Lipinski definition) is 3. The first-order chi connectivity index (χ1) is 14.2. The smallest absolute Gasteiger partial charge is 0.255 e. The second-order valence-corrected chi connectivity index (χ2v) is 7.83. The Kier molecular flexibility index (Phi) is 5.84. The summed E-state index contributed by atoms with van der Waals surface area (Å²) in [7, 11) is 0. The number of para-hydroxylation sites is 1. The average molecular weight is 392 g/mol. The maximum Gasteiger partial charge on any atom is 0.255 e. The Bertz CT molecular complexity index is 895. The van der Waals surface area contributed by atoms with Gasteiger partial charge >= 0.3 is 0 Å². The molecule has 5 nitrogen and oxygen atoms in total. The zero-order chi connectivity index (χ0) is 20.2. The molecule has 1 saturated carbocycles. The van der Waals surface area contributed by atoms with E-state index in [9.17, 15) is 9.59 Å². The van der Waals surface area contributed by atoms with E-state index in [-0.39, 0.29) is 23.8 Å². The van der Waals surface area contributed by atoms with E-state index >= 15 is 0 Å². The molecule has 1 aliphatic carbocycles. The van der Waals surface area contributed by atoms with Gasteiger partial charge in [-0.1, -0.05) is 42.8 Å². The van der Waals surface area contributed by atoms with Gasteiger partial charge < -0.3 is 15.0 Å². The quantitative estimate of drug-likeness (QED) is 0.846. The van der Waals surface area contributed by atoms with E-state index in [0.717, 1.165) is 32.2 Å². The van der Waals surface area contributed by atoms with Gasteiger partial charge in [0.1, 0.15) is 5.75 Å². The summed E-state index contributed by atoms with van der Waals surface area (Å²) in [5.41, 5.74) is 3.09. The molecule has 1 fully saturated rings. The van der Waals surface area contributed by atoms with Crippen LogP contribution in [0.5, 0.6) is 5.75 Å². The van der Waals surface area contributed by atoms with Crippen LogP contribution >= 0.6 is 0 Å². The number of benzene rings is 2. The third-order valence-electron chi connectivity index (χ3n) is 6.02. The Morgan fingerprint density at radius 2 is 1.83 bits per heavy atom. The summed E-state index contributed by atoms with van der Waals surface area (Å²) >= 11 is 0. The molecule has 0 unspecified atom stereocenters. The fraction of sp³-hybridized carbons (Fsp3) is 0.417. The van der Waals surface area contributed by atoms with Crippen LogP contribution in [0.1, 0.15) is 47.7 Å². The summed E-state index contributed by atoms with van der Waals surface area (Å²) in [5, 5.41) is 3.12. The van der Waals surface area contributed by atoms with Gasteiger partial charge in [-0.05, 0) is 49.4 Å². The minimum Gasteiger partial charge on any atom is -0.493 e. The molecule has 0 aromatic heterocycles. The van der Waals surface area contributed by atoms with E-state index in [1.165, 1.54) is 11.1 Å². The zero-order valence-corrected chi connectivity index (χ0v) is 16.9. The molecule has 4 rings (SSSR count). The van der Waals surface area contributed by atoms with Gasteiger partial charge in [-0.25, -0.2) is 0 Å².